The largest absolute Gasteiger partial charge is 0.497 e. The van der Waals surface area contributed by atoms with Crippen LogP contribution in [0.3, 0.4) is 0 Å². The second kappa shape index (κ2) is 15.6. The Kier molecular flexibility index (Phi) is 11.4. The minimum Gasteiger partial charge on any atom is -0.497 e. The van der Waals surface area contributed by atoms with Crippen molar-refractivity contribution in [3.05, 3.63) is 124 Å². The number of sulfonamides is 1. The first-order chi connectivity index (χ1) is 22.6. The van der Waals surface area contributed by atoms with Gasteiger partial charge in [0, 0.05) is 23.5 Å². The standard InChI is InChI=1S/C37H40BrN3O5S/c1-27-18-20-34(21-19-27)47(44,45)41(32-16-9-13-30(38)24-32)26-36(42)40(25-29-12-8-17-33(22-29)46-2)35(23-28-10-4-3-5-11-28)37(43)39-31-14-6-7-15-31/h3-5,8-13,16-22,24,31,35H,6-7,14-15,23,25-26H2,1-2H3,(H,39,43)/t35-/m0/s1. The van der Waals surface area contributed by atoms with Gasteiger partial charge in [0.2, 0.25) is 11.8 Å². The molecule has 1 aliphatic rings. The van der Waals surface area contributed by atoms with E-state index in [0.717, 1.165) is 46.7 Å². The Labute approximate surface area is 285 Å². The van der Waals surface area contributed by atoms with Gasteiger partial charge in [-0.1, -0.05) is 95.0 Å². The molecule has 4 aromatic rings. The van der Waals surface area contributed by atoms with Crippen molar-refractivity contribution in [2.24, 2.45) is 0 Å². The molecule has 1 fully saturated rings. The Morgan fingerprint density at radius 2 is 1.57 bits per heavy atom. The van der Waals surface area contributed by atoms with E-state index >= 15 is 0 Å². The van der Waals surface area contributed by atoms with Crippen LogP contribution in [0.4, 0.5) is 5.69 Å². The number of nitrogens with one attached hydrogen (secondary N) is 1. The molecule has 1 atom stereocenters. The SMILES string of the molecule is COc1cccc(CN(C(=O)CN(c2cccc(Br)c2)S(=O)(=O)c2ccc(C)cc2)[C@@H](Cc2ccccc2)C(=O)NC2CCCC2)c1. The Morgan fingerprint density at radius 3 is 2.26 bits per heavy atom. The first kappa shape index (κ1) is 34.2. The number of halogens is 1. The number of nitrogens with zero attached hydrogens (tertiary/aromatic N) is 2. The molecule has 1 saturated carbocycles. The first-order valence-electron chi connectivity index (χ1n) is 15.8. The zero-order valence-corrected chi connectivity index (χ0v) is 29.0. The van der Waals surface area contributed by atoms with Gasteiger partial charge < -0.3 is 15.0 Å². The molecule has 0 radical (unpaired) electrons. The van der Waals surface area contributed by atoms with Gasteiger partial charge in [0.25, 0.3) is 10.0 Å². The van der Waals surface area contributed by atoms with E-state index in [-0.39, 0.29) is 29.8 Å². The van der Waals surface area contributed by atoms with E-state index < -0.39 is 28.5 Å². The van der Waals surface area contributed by atoms with Gasteiger partial charge in [0.05, 0.1) is 17.7 Å². The van der Waals surface area contributed by atoms with E-state index in [9.17, 15) is 18.0 Å². The molecule has 0 bridgehead atoms. The number of anilines is 1. The molecule has 0 heterocycles. The summed E-state index contributed by atoms with van der Waals surface area (Å²) in [5, 5.41) is 3.20. The minimum absolute atomic E-state index is 0.0367. The molecule has 2 amide bonds. The monoisotopic (exact) mass is 717 g/mol. The number of benzene rings is 4. The maximum atomic E-state index is 14.7. The Hall–Kier alpha value is -4.15. The van der Waals surface area contributed by atoms with Gasteiger partial charge in [-0.2, -0.15) is 0 Å². The van der Waals surface area contributed by atoms with Crippen LogP contribution in [0.1, 0.15) is 42.4 Å². The Morgan fingerprint density at radius 1 is 0.894 bits per heavy atom. The lowest BCUT2D eigenvalue weighted by Crippen LogP contribution is -2.54. The van der Waals surface area contributed by atoms with Crippen molar-refractivity contribution in [1.82, 2.24) is 10.2 Å². The molecule has 5 rings (SSSR count). The van der Waals surface area contributed by atoms with Crippen molar-refractivity contribution < 1.29 is 22.7 Å². The highest BCUT2D eigenvalue weighted by atomic mass is 79.9. The average Bonchev–Trinajstić information content (AvgIpc) is 3.59. The zero-order chi connectivity index (χ0) is 33.4. The molecular formula is C37H40BrN3O5S. The molecular weight excluding hydrogens is 678 g/mol. The van der Waals surface area contributed by atoms with Crippen LogP contribution in [-0.4, -0.2) is 50.9 Å². The topological polar surface area (TPSA) is 96.0 Å². The minimum atomic E-state index is -4.18. The van der Waals surface area contributed by atoms with Gasteiger partial charge in [-0.25, -0.2) is 8.42 Å². The number of hydrogen-bond acceptors (Lipinski definition) is 5. The highest BCUT2D eigenvalue weighted by molar-refractivity contribution is 9.10. The maximum absolute atomic E-state index is 14.7. The summed E-state index contributed by atoms with van der Waals surface area (Å²) < 4.78 is 35.7. The lowest BCUT2D eigenvalue weighted by Gasteiger charge is -2.34. The van der Waals surface area contributed by atoms with Crippen LogP contribution >= 0.6 is 15.9 Å². The van der Waals surface area contributed by atoms with E-state index in [1.807, 2.05) is 61.5 Å². The zero-order valence-electron chi connectivity index (χ0n) is 26.6. The van der Waals surface area contributed by atoms with Crippen molar-refractivity contribution in [1.29, 1.82) is 0 Å². The van der Waals surface area contributed by atoms with Crippen LogP contribution in [0, 0.1) is 6.92 Å². The summed E-state index contributed by atoms with van der Waals surface area (Å²) >= 11 is 3.46. The number of amides is 2. The van der Waals surface area contributed by atoms with Gasteiger partial charge in [-0.05, 0) is 73.4 Å². The number of hydrogen-bond donors (Lipinski definition) is 1. The quantitative estimate of drug-likeness (QED) is 0.167. The number of rotatable bonds is 13. The first-order valence-corrected chi connectivity index (χ1v) is 18.0. The summed E-state index contributed by atoms with van der Waals surface area (Å²) in [4.78, 5) is 30.4. The second-order valence-corrected chi connectivity index (χ2v) is 14.7. The number of aryl methyl sites for hydroxylation is 1. The van der Waals surface area contributed by atoms with Gasteiger partial charge in [0.1, 0.15) is 18.3 Å². The summed E-state index contributed by atoms with van der Waals surface area (Å²) in [6.07, 6.45) is 4.12. The predicted octanol–water partition coefficient (Wildman–Crippen LogP) is 6.66. The fourth-order valence-corrected chi connectivity index (χ4v) is 7.68. The summed E-state index contributed by atoms with van der Waals surface area (Å²) in [6.45, 7) is 1.44. The highest BCUT2D eigenvalue weighted by Crippen LogP contribution is 2.28. The molecule has 0 unspecified atom stereocenters. The summed E-state index contributed by atoms with van der Waals surface area (Å²) in [6, 6.07) is 29.4. The Balaban J connectivity index is 1.57. The molecule has 1 aliphatic carbocycles. The molecule has 4 aromatic carbocycles. The smallest absolute Gasteiger partial charge is 0.264 e. The van der Waals surface area contributed by atoms with Crippen LogP contribution in [0.25, 0.3) is 0 Å². The average molecular weight is 719 g/mol. The Bertz CT molecular complexity index is 1780. The third-order valence-electron chi connectivity index (χ3n) is 8.44. The summed E-state index contributed by atoms with van der Waals surface area (Å²) in [5.41, 5.74) is 2.87. The van der Waals surface area contributed by atoms with Crippen LogP contribution in [0.5, 0.6) is 5.75 Å². The summed E-state index contributed by atoms with van der Waals surface area (Å²) in [7, 11) is -2.61. The van der Waals surface area contributed by atoms with Crippen molar-refractivity contribution in [3.8, 4) is 5.75 Å². The van der Waals surface area contributed by atoms with Gasteiger partial charge in [-0.15, -0.1) is 0 Å². The van der Waals surface area contributed by atoms with E-state index in [1.165, 1.54) is 4.90 Å². The summed E-state index contributed by atoms with van der Waals surface area (Å²) in [5.74, 6) is -0.152. The van der Waals surface area contributed by atoms with Crippen molar-refractivity contribution in [2.75, 3.05) is 18.0 Å². The third-order valence-corrected chi connectivity index (χ3v) is 10.7. The van der Waals surface area contributed by atoms with E-state index in [1.54, 1.807) is 55.6 Å². The number of ether oxygens (including phenoxy) is 1. The van der Waals surface area contributed by atoms with Crippen molar-refractivity contribution in [2.45, 2.75) is 62.6 Å². The predicted molar refractivity (Wildman–Crippen MR) is 188 cm³/mol. The second-order valence-electron chi connectivity index (χ2n) is 11.9. The highest BCUT2D eigenvalue weighted by Gasteiger charge is 2.35. The normalized spacial score (nSPS) is 13.9. The third kappa shape index (κ3) is 8.81. The fourth-order valence-electron chi connectivity index (χ4n) is 5.89. The van der Waals surface area contributed by atoms with Crippen LogP contribution in [0.2, 0.25) is 0 Å². The fraction of sp³-hybridized carbons (Fsp3) is 0.297. The van der Waals surface area contributed by atoms with Gasteiger partial charge in [0.15, 0.2) is 0 Å². The van der Waals surface area contributed by atoms with Gasteiger partial charge >= 0.3 is 0 Å². The van der Waals surface area contributed by atoms with E-state index in [0.29, 0.717) is 15.9 Å². The lowest BCUT2D eigenvalue weighted by atomic mass is 10.0. The van der Waals surface area contributed by atoms with Crippen LogP contribution in [-0.2, 0) is 32.6 Å². The lowest BCUT2D eigenvalue weighted by molar-refractivity contribution is -0.140. The number of carbonyl (C=O) groups is 2. The van der Waals surface area contributed by atoms with Crippen LogP contribution in [0.15, 0.2) is 112 Å². The molecule has 8 nitrogen and oxygen atoms in total. The molecule has 0 aromatic heterocycles. The molecule has 47 heavy (non-hydrogen) atoms. The van der Waals surface area contributed by atoms with E-state index in [2.05, 4.69) is 21.2 Å². The van der Waals surface area contributed by atoms with E-state index in [4.69, 9.17) is 4.74 Å². The maximum Gasteiger partial charge on any atom is 0.264 e. The van der Waals surface area contributed by atoms with Crippen molar-refractivity contribution in [3.63, 3.8) is 0 Å². The molecule has 0 saturated heterocycles. The number of carbonyl (C=O) groups excluding carboxylic acids is 2. The molecule has 1 N–H and O–H groups in total. The number of methoxy groups -OCH3 is 1. The molecule has 246 valence electrons. The molecule has 0 spiro atoms. The molecule has 0 aliphatic heterocycles. The van der Waals surface area contributed by atoms with Crippen molar-refractivity contribution >= 4 is 43.5 Å². The van der Waals surface area contributed by atoms with Gasteiger partial charge in [-0.3, -0.25) is 13.9 Å². The molecule has 10 heteroatoms. The van der Waals surface area contributed by atoms with Crippen LogP contribution < -0.4 is 14.4 Å².